The second-order valence-corrected chi connectivity index (χ2v) is 6.06. The van der Waals surface area contributed by atoms with E-state index in [4.69, 9.17) is 5.11 Å². The molecule has 4 nitrogen and oxygen atoms in total. The van der Waals surface area contributed by atoms with E-state index in [9.17, 15) is 4.79 Å². The van der Waals surface area contributed by atoms with Crippen molar-refractivity contribution in [3.63, 3.8) is 0 Å². The minimum atomic E-state index is -0.0692. The van der Waals surface area contributed by atoms with Crippen molar-refractivity contribution in [1.29, 1.82) is 0 Å². The maximum absolute atomic E-state index is 12.2. The first-order valence-electron chi connectivity index (χ1n) is 7.56. The van der Waals surface area contributed by atoms with Gasteiger partial charge in [-0.2, -0.15) is 0 Å². The second-order valence-electron chi connectivity index (χ2n) is 6.06. The molecule has 2 N–H and O–H groups in total. The third-order valence-electron chi connectivity index (χ3n) is 4.41. The maximum Gasteiger partial charge on any atom is 0.252 e. The van der Waals surface area contributed by atoms with E-state index in [2.05, 4.69) is 22.1 Å². The Kier molecular flexibility index (Phi) is 3.94. The summed E-state index contributed by atoms with van der Waals surface area (Å²) in [6, 6.07) is 1.75. The van der Waals surface area contributed by atoms with Gasteiger partial charge in [0.1, 0.15) is 0 Å². The molecule has 1 amide bonds. The van der Waals surface area contributed by atoms with Gasteiger partial charge in [0, 0.05) is 30.9 Å². The van der Waals surface area contributed by atoms with Gasteiger partial charge in [0.15, 0.2) is 0 Å². The molecule has 110 valence electrons. The van der Waals surface area contributed by atoms with Crippen LogP contribution in [-0.4, -0.2) is 29.1 Å². The molecule has 2 aliphatic rings. The number of pyridine rings is 1. The predicted octanol–water partition coefficient (Wildman–Crippen LogP) is 1.74. The van der Waals surface area contributed by atoms with Gasteiger partial charge in [-0.15, -0.1) is 0 Å². The number of hydrogen-bond donors (Lipinski definition) is 2. The fourth-order valence-electron chi connectivity index (χ4n) is 2.80. The Hall–Kier alpha value is -1.86. The van der Waals surface area contributed by atoms with Crippen LogP contribution in [0.1, 0.15) is 48.0 Å². The van der Waals surface area contributed by atoms with E-state index in [1.807, 2.05) is 0 Å². The molecule has 1 aromatic rings. The lowest BCUT2D eigenvalue weighted by Gasteiger charge is -2.14. The number of aromatic nitrogens is 1. The molecule has 0 spiro atoms. The van der Waals surface area contributed by atoms with Gasteiger partial charge in [-0.1, -0.05) is 11.8 Å². The highest BCUT2D eigenvalue weighted by molar-refractivity contribution is 5.94. The molecule has 2 fully saturated rings. The largest absolute Gasteiger partial charge is 0.395 e. The number of hydrogen-bond acceptors (Lipinski definition) is 3. The van der Waals surface area contributed by atoms with Crippen molar-refractivity contribution >= 4 is 5.91 Å². The molecule has 21 heavy (non-hydrogen) atoms. The first-order valence-corrected chi connectivity index (χ1v) is 7.56. The fourth-order valence-corrected chi connectivity index (χ4v) is 2.80. The number of carbonyl (C=O) groups is 1. The van der Waals surface area contributed by atoms with Gasteiger partial charge in [0.05, 0.1) is 12.2 Å². The summed E-state index contributed by atoms with van der Waals surface area (Å²) in [6.45, 7) is 0.834. The highest BCUT2D eigenvalue weighted by atomic mass is 16.2. The molecule has 0 saturated heterocycles. The second kappa shape index (κ2) is 5.87. The van der Waals surface area contributed by atoms with E-state index < -0.39 is 0 Å². The number of aliphatic hydroxyl groups is 1. The summed E-state index contributed by atoms with van der Waals surface area (Å²) >= 11 is 0. The van der Waals surface area contributed by atoms with Gasteiger partial charge in [0.25, 0.3) is 5.91 Å². The van der Waals surface area contributed by atoms with Crippen molar-refractivity contribution < 1.29 is 9.90 Å². The molecule has 0 bridgehead atoms. The highest BCUT2D eigenvalue weighted by Gasteiger charge is 2.53. The van der Waals surface area contributed by atoms with E-state index in [0.717, 1.165) is 12.5 Å². The molecule has 0 unspecified atom stereocenters. The molecule has 2 saturated carbocycles. The molecule has 1 aromatic heterocycles. The Bertz CT molecular complexity index is 592. The van der Waals surface area contributed by atoms with Crippen LogP contribution < -0.4 is 5.32 Å². The lowest BCUT2D eigenvalue weighted by Crippen LogP contribution is -2.31. The molecule has 2 aliphatic carbocycles. The number of aliphatic hydroxyl groups excluding tert-OH is 1. The van der Waals surface area contributed by atoms with Crippen LogP contribution in [0.5, 0.6) is 0 Å². The van der Waals surface area contributed by atoms with Gasteiger partial charge >= 0.3 is 0 Å². The summed E-state index contributed by atoms with van der Waals surface area (Å²) in [4.78, 5) is 16.3. The predicted molar refractivity (Wildman–Crippen MR) is 79.5 cm³/mol. The van der Waals surface area contributed by atoms with Crippen molar-refractivity contribution in [3.8, 4) is 11.8 Å². The van der Waals surface area contributed by atoms with Gasteiger partial charge in [0.2, 0.25) is 0 Å². The molecule has 3 rings (SSSR count). The van der Waals surface area contributed by atoms with Gasteiger partial charge in [-0.05, 0) is 43.1 Å². The SMILES string of the molecule is O=C(NCC1(C2CC2)CC1)c1cncc(C#CCCO)c1. The Morgan fingerprint density at radius 2 is 2.24 bits per heavy atom. The summed E-state index contributed by atoms with van der Waals surface area (Å²) < 4.78 is 0. The third-order valence-corrected chi connectivity index (χ3v) is 4.41. The number of rotatable bonds is 5. The number of carbonyl (C=O) groups excluding carboxylic acids is 1. The van der Waals surface area contributed by atoms with Crippen molar-refractivity contribution in [1.82, 2.24) is 10.3 Å². The van der Waals surface area contributed by atoms with Crippen molar-refractivity contribution in [2.24, 2.45) is 11.3 Å². The first kappa shape index (κ1) is 14.1. The molecular formula is C17H20N2O2. The Balaban J connectivity index is 1.59. The topological polar surface area (TPSA) is 62.2 Å². The number of nitrogens with one attached hydrogen (secondary N) is 1. The van der Waals surface area contributed by atoms with E-state index in [-0.39, 0.29) is 12.5 Å². The molecule has 4 heteroatoms. The van der Waals surface area contributed by atoms with Crippen LogP contribution in [0.2, 0.25) is 0 Å². The zero-order valence-corrected chi connectivity index (χ0v) is 12.1. The smallest absolute Gasteiger partial charge is 0.252 e. The molecule has 1 heterocycles. The van der Waals surface area contributed by atoms with Crippen LogP contribution in [0, 0.1) is 23.2 Å². The first-order chi connectivity index (χ1) is 10.2. The molecule has 0 radical (unpaired) electrons. The maximum atomic E-state index is 12.2. The van der Waals surface area contributed by atoms with Gasteiger partial charge in [-0.3, -0.25) is 9.78 Å². The fraction of sp³-hybridized carbons (Fsp3) is 0.529. The van der Waals surface area contributed by atoms with E-state index in [1.54, 1.807) is 18.5 Å². The summed E-state index contributed by atoms with van der Waals surface area (Å²) in [5.41, 5.74) is 1.67. The van der Waals surface area contributed by atoms with Gasteiger partial charge in [-0.25, -0.2) is 0 Å². The number of amides is 1. The lowest BCUT2D eigenvalue weighted by atomic mass is 10.0. The van der Waals surface area contributed by atoms with Crippen molar-refractivity contribution in [2.45, 2.75) is 32.1 Å². The van der Waals surface area contributed by atoms with Crippen molar-refractivity contribution in [2.75, 3.05) is 13.2 Å². The third kappa shape index (κ3) is 3.43. The Labute approximate surface area is 125 Å². The van der Waals surface area contributed by atoms with Crippen LogP contribution in [0.25, 0.3) is 0 Å². The lowest BCUT2D eigenvalue weighted by molar-refractivity contribution is 0.0942. The minimum absolute atomic E-state index is 0.0455. The average Bonchev–Trinajstić information content (AvgIpc) is 3.38. The quantitative estimate of drug-likeness (QED) is 0.810. The zero-order chi connectivity index (χ0) is 14.7. The Morgan fingerprint density at radius 3 is 2.90 bits per heavy atom. The summed E-state index contributed by atoms with van der Waals surface area (Å²) in [6.07, 6.45) is 8.80. The van der Waals surface area contributed by atoms with E-state index in [1.165, 1.54) is 25.7 Å². The molecular weight excluding hydrogens is 264 g/mol. The van der Waals surface area contributed by atoms with E-state index in [0.29, 0.717) is 23.0 Å². The normalized spacial score (nSPS) is 18.5. The zero-order valence-electron chi connectivity index (χ0n) is 12.1. The average molecular weight is 284 g/mol. The van der Waals surface area contributed by atoms with Crippen LogP contribution in [0.3, 0.4) is 0 Å². The molecule has 0 aromatic carbocycles. The van der Waals surface area contributed by atoms with Crippen LogP contribution in [0.15, 0.2) is 18.5 Å². The molecule has 0 aliphatic heterocycles. The highest BCUT2D eigenvalue weighted by Crippen LogP contribution is 2.60. The van der Waals surface area contributed by atoms with Crippen LogP contribution >= 0.6 is 0 Å². The Morgan fingerprint density at radius 1 is 1.43 bits per heavy atom. The summed E-state index contributed by atoms with van der Waals surface area (Å²) in [7, 11) is 0. The van der Waals surface area contributed by atoms with Crippen molar-refractivity contribution in [3.05, 3.63) is 29.6 Å². The number of nitrogens with zero attached hydrogens (tertiary/aromatic N) is 1. The van der Waals surface area contributed by atoms with E-state index >= 15 is 0 Å². The van der Waals surface area contributed by atoms with Crippen LogP contribution in [-0.2, 0) is 0 Å². The summed E-state index contributed by atoms with van der Waals surface area (Å²) in [5.74, 6) is 6.51. The standard InChI is InChI=1S/C17H20N2O2/c20-8-2-1-3-13-9-14(11-18-10-13)16(21)19-12-17(6-7-17)15-4-5-15/h9-11,15,20H,2,4-8,12H2,(H,19,21). The monoisotopic (exact) mass is 284 g/mol. The van der Waals surface area contributed by atoms with Crippen LogP contribution in [0.4, 0.5) is 0 Å². The molecule has 0 atom stereocenters. The minimum Gasteiger partial charge on any atom is -0.395 e. The van der Waals surface area contributed by atoms with Gasteiger partial charge < -0.3 is 10.4 Å². The summed E-state index contributed by atoms with van der Waals surface area (Å²) in [5, 5.41) is 11.8.